The van der Waals surface area contributed by atoms with E-state index in [2.05, 4.69) is 24.1 Å². The van der Waals surface area contributed by atoms with Gasteiger partial charge in [-0.05, 0) is 36.3 Å². The topological polar surface area (TPSA) is 79.3 Å². The summed E-state index contributed by atoms with van der Waals surface area (Å²) < 4.78 is 0. The standard InChI is InChI=1S/C16H24N2O3/c1-12(2)8-14(9-16(20)21)11-18-15(19)6-5-13-4-3-7-17-10-13/h3-4,7,10,12,14H,5-6,8-9,11H2,1-2H3,(H,18,19)(H,20,21)/t14-/m0/s1. The number of aryl methyl sites for hydroxylation is 1. The summed E-state index contributed by atoms with van der Waals surface area (Å²) >= 11 is 0. The summed E-state index contributed by atoms with van der Waals surface area (Å²) in [6.07, 6.45) is 5.39. The van der Waals surface area contributed by atoms with Gasteiger partial charge in [-0.2, -0.15) is 0 Å². The van der Waals surface area contributed by atoms with E-state index in [9.17, 15) is 9.59 Å². The number of rotatable bonds is 9. The first kappa shape index (κ1) is 17.1. The Balaban J connectivity index is 2.33. The molecule has 0 aromatic carbocycles. The average Bonchev–Trinajstić information content (AvgIpc) is 2.42. The van der Waals surface area contributed by atoms with Gasteiger partial charge in [-0.1, -0.05) is 19.9 Å². The maximum absolute atomic E-state index is 11.8. The molecule has 2 N–H and O–H groups in total. The Morgan fingerprint density at radius 1 is 1.38 bits per heavy atom. The molecule has 0 aliphatic carbocycles. The lowest BCUT2D eigenvalue weighted by atomic mass is 9.94. The molecule has 0 saturated heterocycles. The monoisotopic (exact) mass is 292 g/mol. The molecule has 1 rings (SSSR count). The third-order valence-electron chi connectivity index (χ3n) is 3.22. The summed E-state index contributed by atoms with van der Waals surface area (Å²) in [6, 6.07) is 3.78. The van der Waals surface area contributed by atoms with Gasteiger partial charge in [0.25, 0.3) is 0 Å². The molecule has 116 valence electrons. The second kappa shape index (κ2) is 9.10. The zero-order valence-electron chi connectivity index (χ0n) is 12.7. The lowest BCUT2D eigenvalue weighted by molar-refractivity contribution is -0.138. The van der Waals surface area contributed by atoms with Gasteiger partial charge in [-0.15, -0.1) is 0 Å². The normalized spacial score (nSPS) is 12.1. The van der Waals surface area contributed by atoms with E-state index in [-0.39, 0.29) is 18.2 Å². The Bertz CT molecular complexity index is 446. The first-order chi connectivity index (χ1) is 9.97. The largest absolute Gasteiger partial charge is 0.481 e. The second-order valence-electron chi connectivity index (χ2n) is 5.76. The molecular formula is C16H24N2O3. The van der Waals surface area contributed by atoms with Crippen molar-refractivity contribution in [1.82, 2.24) is 10.3 Å². The first-order valence-corrected chi connectivity index (χ1v) is 7.34. The van der Waals surface area contributed by atoms with Crippen molar-refractivity contribution < 1.29 is 14.7 Å². The lowest BCUT2D eigenvalue weighted by Gasteiger charge is -2.17. The molecule has 0 saturated carbocycles. The number of hydrogen-bond donors (Lipinski definition) is 2. The van der Waals surface area contributed by atoms with Crippen molar-refractivity contribution in [3.63, 3.8) is 0 Å². The highest BCUT2D eigenvalue weighted by Gasteiger charge is 2.16. The molecule has 1 heterocycles. The van der Waals surface area contributed by atoms with Crippen molar-refractivity contribution in [2.45, 2.75) is 39.5 Å². The Hall–Kier alpha value is -1.91. The highest BCUT2D eigenvalue weighted by molar-refractivity contribution is 5.76. The molecule has 1 aromatic heterocycles. The van der Waals surface area contributed by atoms with E-state index in [1.54, 1.807) is 12.4 Å². The van der Waals surface area contributed by atoms with E-state index in [1.807, 2.05) is 12.1 Å². The summed E-state index contributed by atoms with van der Waals surface area (Å²) in [5.74, 6) is -0.449. The van der Waals surface area contributed by atoms with Gasteiger partial charge < -0.3 is 10.4 Å². The third kappa shape index (κ3) is 8.07. The molecule has 21 heavy (non-hydrogen) atoms. The predicted molar refractivity (Wildman–Crippen MR) is 80.8 cm³/mol. The summed E-state index contributed by atoms with van der Waals surface area (Å²) in [5.41, 5.74) is 1.02. The number of nitrogens with zero attached hydrogens (tertiary/aromatic N) is 1. The van der Waals surface area contributed by atoms with Crippen LogP contribution in [0.5, 0.6) is 0 Å². The van der Waals surface area contributed by atoms with Gasteiger partial charge in [0, 0.05) is 31.8 Å². The van der Waals surface area contributed by atoms with Crippen LogP contribution in [0.1, 0.15) is 38.7 Å². The maximum Gasteiger partial charge on any atom is 0.303 e. The summed E-state index contributed by atoms with van der Waals surface area (Å²) in [5, 5.41) is 11.7. The first-order valence-electron chi connectivity index (χ1n) is 7.34. The lowest BCUT2D eigenvalue weighted by Crippen LogP contribution is -2.31. The molecular weight excluding hydrogens is 268 g/mol. The van der Waals surface area contributed by atoms with Gasteiger partial charge in [0.05, 0.1) is 0 Å². The molecule has 0 aliphatic rings. The molecule has 0 bridgehead atoms. The summed E-state index contributed by atoms with van der Waals surface area (Å²) in [6.45, 7) is 4.54. The van der Waals surface area contributed by atoms with Crippen LogP contribution in [0.2, 0.25) is 0 Å². The molecule has 5 nitrogen and oxygen atoms in total. The maximum atomic E-state index is 11.8. The molecule has 0 unspecified atom stereocenters. The molecule has 0 spiro atoms. The number of carboxylic acids is 1. The molecule has 1 atom stereocenters. The van der Waals surface area contributed by atoms with Crippen LogP contribution in [0.25, 0.3) is 0 Å². The number of nitrogens with one attached hydrogen (secondary N) is 1. The SMILES string of the molecule is CC(C)C[C@H](CNC(=O)CCc1cccnc1)CC(=O)O. The van der Waals surface area contributed by atoms with Crippen molar-refractivity contribution in [1.29, 1.82) is 0 Å². The molecule has 1 aromatic rings. The number of carbonyl (C=O) groups excluding carboxylic acids is 1. The number of aliphatic carboxylic acids is 1. The average molecular weight is 292 g/mol. The third-order valence-corrected chi connectivity index (χ3v) is 3.22. The number of aromatic nitrogens is 1. The van der Waals surface area contributed by atoms with Crippen LogP contribution in [-0.2, 0) is 16.0 Å². The van der Waals surface area contributed by atoms with Crippen molar-refractivity contribution in [2.24, 2.45) is 11.8 Å². The second-order valence-corrected chi connectivity index (χ2v) is 5.76. The summed E-state index contributed by atoms with van der Waals surface area (Å²) in [4.78, 5) is 26.6. The van der Waals surface area contributed by atoms with Crippen molar-refractivity contribution >= 4 is 11.9 Å². The molecule has 5 heteroatoms. The van der Waals surface area contributed by atoms with Gasteiger partial charge in [-0.25, -0.2) is 0 Å². The van der Waals surface area contributed by atoms with E-state index in [1.165, 1.54) is 0 Å². The Kier molecular flexibility index (Phi) is 7.43. The van der Waals surface area contributed by atoms with Crippen LogP contribution in [0.4, 0.5) is 0 Å². The van der Waals surface area contributed by atoms with E-state index in [0.717, 1.165) is 12.0 Å². The quantitative estimate of drug-likeness (QED) is 0.731. The highest BCUT2D eigenvalue weighted by Crippen LogP contribution is 2.14. The van der Waals surface area contributed by atoms with Crippen LogP contribution >= 0.6 is 0 Å². The smallest absolute Gasteiger partial charge is 0.303 e. The zero-order valence-corrected chi connectivity index (χ0v) is 12.7. The minimum Gasteiger partial charge on any atom is -0.481 e. The Morgan fingerprint density at radius 2 is 2.14 bits per heavy atom. The minimum absolute atomic E-state index is 0.00941. The van der Waals surface area contributed by atoms with E-state index in [4.69, 9.17) is 5.11 Å². The van der Waals surface area contributed by atoms with Crippen molar-refractivity contribution in [3.8, 4) is 0 Å². The predicted octanol–water partition coefficient (Wildman–Crippen LogP) is 2.27. The van der Waals surface area contributed by atoms with Crippen LogP contribution < -0.4 is 5.32 Å². The van der Waals surface area contributed by atoms with Gasteiger partial charge in [0.15, 0.2) is 0 Å². The van der Waals surface area contributed by atoms with E-state index in [0.29, 0.717) is 25.3 Å². The zero-order chi connectivity index (χ0) is 15.7. The van der Waals surface area contributed by atoms with Crippen LogP contribution in [-0.4, -0.2) is 28.5 Å². The molecule has 0 fully saturated rings. The molecule has 0 aliphatic heterocycles. The number of amides is 1. The van der Waals surface area contributed by atoms with Crippen LogP contribution in [0.15, 0.2) is 24.5 Å². The van der Waals surface area contributed by atoms with Crippen LogP contribution in [0, 0.1) is 11.8 Å². The van der Waals surface area contributed by atoms with E-state index >= 15 is 0 Å². The number of carboxylic acid groups (broad SMARTS) is 1. The van der Waals surface area contributed by atoms with Gasteiger partial charge in [0.2, 0.25) is 5.91 Å². The van der Waals surface area contributed by atoms with Gasteiger partial charge in [0.1, 0.15) is 0 Å². The fourth-order valence-electron chi connectivity index (χ4n) is 2.30. The Labute approximate surface area is 125 Å². The van der Waals surface area contributed by atoms with Gasteiger partial charge >= 0.3 is 5.97 Å². The van der Waals surface area contributed by atoms with Crippen molar-refractivity contribution in [2.75, 3.05) is 6.54 Å². The molecule has 0 radical (unpaired) electrons. The number of carbonyl (C=O) groups is 2. The fourth-order valence-corrected chi connectivity index (χ4v) is 2.30. The minimum atomic E-state index is -0.815. The number of pyridine rings is 1. The van der Waals surface area contributed by atoms with Crippen LogP contribution in [0.3, 0.4) is 0 Å². The number of hydrogen-bond acceptors (Lipinski definition) is 3. The highest BCUT2D eigenvalue weighted by atomic mass is 16.4. The molecule has 1 amide bonds. The fraction of sp³-hybridized carbons (Fsp3) is 0.562. The van der Waals surface area contributed by atoms with Gasteiger partial charge in [-0.3, -0.25) is 14.6 Å². The van der Waals surface area contributed by atoms with E-state index < -0.39 is 5.97 Å². The Morgan fingerprint density at radius 3 is 2.71 bits per heavy atom. The summed E-state index contributed by atoms with van der Waals surface area (Å²) in [7, 11) is 0. The van der Waals surface area contributed by atoms with Crippen molar-refractivity contribution in [3.05, 3.63) is 30.1 Å².